The Bertz CT molecular complexity index is 573. The molecule has 3 rings (SSSR count). The Balaban J connectivity index is 1.61. The Kier molecular flexibility index (Phi) is 4.90. The molecule has 23 heavy (non-hydrogen) atoms. The molecule has 2 fully saturated rings. The molecule has 1 aliphatic carbocycles. The van der Waals surface area contributed by atoms with Crippen LogP contribution in [0.5, 0.6) is 0 Å². The van der Waals surface area contributed by atoms with Gasteiger partial charge in [0.15, 0.2) is 0 Å². The van der Waals surface area contributed by atoms with Crippen molar-refractivity contribution in [3.05, 3.63) is 28.2 Å². The second-order valence-electron chi connectivity index (χ2n) is 8.41. The summed E-state index contributed by atoms with van der Waals surface area (Å²) in [7, 11) is 0. The van der Waals surface area contributed by atoms with Crippen molar-refractivity contribution in [3.8, 4) is 0 Å². The average molecular weight is 317 g/mol. The second-order valence-corrected chi connectivity index (χ2v) is 8.41. The molecule has 0 aromatic carbocycles. The van der Waals surface area contributed by atoms with Gasteiger partial charge in [0, 0.05) is 24.1 Å². The maximum absolute atomic E-state index is 12.1. The van der Waals surface area contributed by atoms with Crippen molar-refractivity contribution in [2.75, 3.05) is 13.1 Å². The van der Waals surface area contributed by atoms with E-state index in [2.05, 4.69) is 30.8 Å². The fourth-order valence-corrected chi connectivity index (χ4v) is 3.99. The molecule has 0 amide bonds. The van der Waals surface area contributed by atoms with E-state index in [9.17, 15) is 4.79 Å². The number of rotatable bonds is 3. The molecule has 1 saturated heterocycles. The minimum atomic E-state index is -0.0126. The third kappa shape index (κ3) is 4.03. The minimum Gasteiger partial charge on any atom is -0.300 e. The van der Waals surface area contributed by atoms with Crippen LogP contribution in [0.15, 0.2) is 16.9 Å². The first-order chi connectivity index (χ1) is 10.9. The lowest BCUT2D eigenvalue weighted by atomic mass is 9.92. The molecule has 0 N–H and O–H groups in total. The lowest BCUT2D eigenvalue weighted by Gasteiger charge is -2.36. The number of hydrogen-bond donors (Lipinski definition) is 0. The summed E-state index contributed by atoms with van der Waals surface area (Å²) < 4.78 is 1.70. The van der Waals surface area contributed by atoms with Gasteiger partial charge in [-0.25, -0.2) is 4.68 Å². The molecular formula is C19H31N3O. The number of piperidine rings is 1. The molecule has 4 nitrogen and oxygen atoms in total. The molecule has 1 saturated carbocycles. The van der Waals surface area contributed by atoms with Gasteiger partial charge in [0.25, 0.3) is 5.56 Å². The Labute approximate surface area is 139 Å². The minimum absolute atomic E-state index is 0.0126. The maximum Gasteiger partial charge on any atom is 0.266 e. The molecule has 1 aromatic heterocycles. The smallest absolute Gasteiger partial charge is 0.266 e. The van der Waals surface area contributed by atoms with Crippen molar-refractivity contribution in [2.45, 2.75) is 77.3 Å². The van der Waals surface area contributed by atoms with Crippen LogP contribution >= 0.6 is 0 Å². The normalized spacial score (nSPS) is 21.9. The standard InChI is InChI=1S/C19H31N3O/c1-19(2,3)17-8-9-18(23)22(20-17)14-15-10-12-21(13-11-15)16-6-4-5-7-16/h8-9,15-16H,4-7,10-14H2,1-3H3. The van der Waals surface area contributed by atoms with Gasteiger partial charge in [0.05, 0.1) is 5.69 Å². The predicted octanol–water partition coefficient (Wildman–Crippen LogP) is 3.20. The average Bonchev–Trinajstić information content (AvgIpc) is 3.03. The highest BCUT2D eigenvalue weighted by Gasteiger charge is 2.27. The van der Waals surface area contributed by atoms with Crippen molar-refractivity contribution < 1.29 is 0 Å². The van der Waals surface area contributed by atoms with Gasteiger partial charge in [-0.15, -0.1) is 0 Å². The Morgan fingerprint density at radius 3 is 2.35 bits per heavy atom. The zero-order chi connectivity index (χ0) is 16.4. The van der Waals surface area contributed by atoms with Crippen LogP contribution in [0.4, 0.5) is 0 Å². The molecule has 0 spiro atoms. The fourth-order valence-electron chi connectivity index (χ4n) is 3.99. The Morgan fingerprint density at radius 2 is 1.74 bits per heavy atom. The summed E-state index contributed by atoms with van der Waals surface area (Å²) in [6, 6.07) is 4.39. The van der Waals surface area contributed by atoms with E-state index in [0.29, 0.717) is 5.92 Å². The van der Waals surface area contributed by atoms with Crippen molar-refractivity contribution >= 4 is 0 Å². The van der Waals surface area contributed by atoms with Gasteiger partial charge in [-0.1, -0.05) is 33.6 Å². The molecule has 0 unspecified atom stereocenters. The highest BCUT2D eigenvalue weighted by Crippen LogP contribution is 2.28. The van der Waals surface area contributed by atoms with Crippen LogP contribution < -0.4 is 5.56 Å². The van der Waals surface area contributed by atoms with Gasteiger partial charge in [0.2, 0.25) is 0 Å². The van der Waals surface area contributed by atoms with E-state index in [-0.39, 0.29) is 11.0 Å². The van der Waals surface area contributed by atoms with E-state index in [4.69, 9.17) is 0 Å². The number of aromatic nitrogens is 2. The van der Waals surface area contributed by atoms with E-state index < -0.39 is 0 Å². The van der Waals surface area contributed by atoms with E-state index in [1.165, 1.54) is 51.6 Å². The first-order valence-electron chi connectivity index (χ1n) is 9.26. The Morgan fingerprint density at radius 1 is 1.09 bits per heavy atom. The lowest BCUT2D eigenvalue weighted by Crippen LogP contribution is -2.41. The van der Waals surface area contributed by atoms with Crippen molar-refractivity contribution in [2.24, 2.45) is 5.92 Å². The van der Waals surface area contributed by atoms with Gasteiger partial charge in [0.1, 0.15) is 0 Å². The first kappa shape index (κ1) is 16.7. The van der Waals surface area contributed by atoms with Crippen molar-refractivity contribution in [1.82, 2.24) is 14.7 Å². The molecule has 0 bridgehead atoms. The number of hydrogen-bond acceptors (Lipinski definition) is 3. The Hall–Kier alpha value is -1.16. The molecule has 0 atom stereocenters. The molecule has 2 heterocycles. The van der Waals surface area contributed by atoms with Gasteiger partial charge in [-0.3, -0.25) is 4.79 Å². The van der Waals surface area contributed by atoms with Gasteiger partial charge in [-0.2, -0.15) is 5.10 Å². The van der Waals surface area contributed by atoms with Crippen molar-refractivity contribution in [1.29, 1.82) is 0 Å². The summed E-state index contributed by atoms with van der Waals surface area (Å²) in [5.41, 5.74) is 1.03. The molecule has 4 heteroatoms. The highest BCUT2D eigenvalue weighted by molar-refractivity contribution is 5.10. The highest BCUT2D eigenvalue weighted by atomic mass is 16.1. The molecule has 128 valence electrons. The van der Waals surface area contributed by atoms with Crippen LogP contribution in [-0.2, 0) is 12.0 Å². The summed E-state index contributed by atoms with van der Waals surface area (Å²) in [5.74, 6) is 0.591. The molecule has 2 aliphatic rings. The predicted molar refractivity (Wildman–Crippen MR) is 93.8 cm³/mol. The topological polar surface area (TPSA) is 38.1 Å². The zero-order valence-corrected chi connectivity index (χ0v) is 14.9. The van der Waals surface area contributed by atoms with Crippen molar-refractivity contribution in [3.63, 3.8) is 0 Å². The van der Waals surface area contributed by atoms with E-state index >= 15 is 0 Å². The molecule has 1 aromatic rings. The third-order valence-electron chi connectivity index (χ3n) is 5.56. The maximum atomic E-state index is 12.1. The zero-order valence-electron chi connectivity index (χ0n) is 14.9. The number of likely N-dealkylation sites (tertiary alicyclic amines) is 1. The molecule has 1 aliphatic heterocycles. The number of nitrogens with zero attached hydrogens (tertiary/aromatic N) is 3. The van der Waals surface area contributed by atoms with Gasteiger partial charge >= 0.3 is 0 Å². The van der Waals surface area contributed by atoms with Gasteiger partial charge < -0.3 is 4.90 Å². The second kappa shape index (κ2) is 6.76. The summed E-state index contributed by atoms with van der Waals surface area (Å²) >= 11 is 0. The summed E-state index contributed by atoms with van der Waals surface area (Å²) in [6.07, 6.45) is 7.99. The van der Waals surface area contributed by atoms with Crippen LogP contribution in [0.1, 0.15) is 65.0 Å². The summed E-state index contributed by atoms with van der Waals surface area (Å²) in [5, 5.41) is 4.62. The first-order valence-corrected chi connectivity index (χ1v) is 9.26. The fraction of sp³-hybridized carbons (Fsp3) is 0.789. The monoisotopic (exact) mass is 317 g/mol. The van der Waals surface area contributed by atoms with Crippen LogP contribution in [-0.4, -0.2) is 33.8 Å². The largest absolute Gasteiger partial charge is 0.300 e. The van der Waals surface area contributed by atoms with E-state index in [0.717, 1.165) is 18.3 Å². The molecular weight excluding hydrogens is 286 g/mol. The van der Waals surface area contributed by atoms with E-state index in [1.807, 2.05) is 6.07 Å². The quantitative estimate of drug-likeness (QED) is 0.859. The van der Waals surface area contributed by atoms with E-state index in [1.54, 1.807) is 10.7 Å². The summed E-state index contributed by atoms with van der Waals surface area (Å²) in [4.78, 5) is 14.8. The SMILES string of the molecule is CC(C)(C)c1ccc(=O)n(CC2CCN(C3CCCC3)CC2)n1. The molecule has 0 radical (unpaired) electrons. The van der Waals surface area contributed by atoms with Crippen LogP contribution in [0.2, 0.25) is 0 Å². The van der Waals surface area contributed by atoms with Crippen LogP contribution in [0, 0.1) is 5.92 Å². The van der Waals surface area contributed by atoms with Crippen LogP contribution in [0.3, 0.4) is 0 Å². The van der Waals surface area contributed by atoms with Gasteiger partial charge in [-0.05, 0) is 50.8 Å². The lowest BCUT2D eigenvalue weighted by molar-refractivity contribution is 0.125. The van der Waals surface area contributed by atoms with Crippen LogP contribution in [0.25, 0.3) is 0 Å². The summed E-state index contributed by atoms with van der Waals surface area (Å²) in [6.45, 7) is 9.60. The third-order valence-corrected chi connectivity index (χ3v) is 5.56.